The number of benzene rings is 4. The summed E-state index contributed by atoms with van der Waals surface area (Å²) in [7, 11) is 0. The summed E-state index contributed by atoms with van der Waals surface area (Å²) in [6.07, 6.45) is 1.71. The molecule has 0 aliphatic heterocycles. The summed E-state index contributed by atoms with van der Waals surface area (Å²) >= 11 is 3.45. The molecule has 0 saturated heterocycles. The fraction of sp³-hybridized carbons (Fsp3) is 0.0857. The molecule has 6 aromatic rings. The van der Waals surface area contributed by atoms with Gasteiger partial charge in [-0.2, -0.15) is 9.78 Å². The highest BCUT2D eigenvalue weighted by Gasteiger charge is 2.19. The van der Waals surface area contributed by atoms with Crippen LogP contribution in [0.4, 0.5) is 0 Å². The number of aryl methyl sites for hydroxylation is 1. The molecule has 2 aromatic heterocycles. The minimum absolute atomic E-state index is 0.251. The second kappa shape index (κ2) is 12.0. The lowest BCUT2D eigenvalue weighted by atomic mass is 10.1. The first-order chi connectivity index (χ1) is 20.9. The van der Waals surface area contributed by atoms with Gasteiger partial charge >= 0.3 is 5.97 Å². The van der Waals surface area contributed by atoms with E-state index in [2.05, 4.69) is 36.6 Å². The topological polar surface area (TPSA) is 78.5 Å². The highest BCUT2D eigenvalue weighted by molar-refractivity contribution is 9.10. The van der Waals surface area contributed by atoms with E-state index in [1.165, 1.54) is 4.68 Å². The van der Waals surface area contributed by atoms with Crippen LogP contribution in [0, 0.1) is 6.92 Å². The third-order valence-electron chi connectivity index (χ3n) is 7.07. The quantitative estimate of drug-likeness (QED) is 0.134. The lowest BCUT2D eigenvalue weighted by Gasteiger charge is -2.15. The lowest BCUT2D eigenvalue weighted by molar-refractivity contribution is 0.0526. The zero-order valence-corrected chi connectivity index (χ0v) is 25.2. The molecule has 0 unspecified atom stereocenters. The Hall–Kier alpha value is -5.08. The van der Waals surface area contributed by atoms with Gasteiger partial charge in [-0.3, -0.25) is 4.79 Å². The third kappa shape index (κ3) is 5.57. The number of hydrogen-bond donors (Lipinski definition) is 0. The highest BCUT2D eigenvalue weighted by Crippen LogP contribution is 2.35. The molecule has 0 spiro atoms. The van der Waals surface area contributed by atoms with E-state index in [4.69, 9.17) is 4.74 Å². The molecule has 6 rings (SSSR count). The zero-order valence-electron chi connectivity index (χ0n) is 23.6. The molecule has 212 valence electrons. The minimum Gasteiger partial charge on any atom is -0.462 e. The Kier molecular flexibility index (Phi) is 7.85. The maximum absolute atomic E-state index is 13.5. The highest BCUT2D eigenvalue weighted by atomic mass is 79.9. The molecule has 0 N–H and O–H groups in total. The molecule has 43 heavy (non-hydrogen) atoms. The van der Waals surface area contributed by atoms with Gasteiger partial charge in [0.05, 0.1) is 40.7 Å². The van der Waals surface area contributed by atoms with E-state index in [1.807, 2.05) is 84.9 Å². The van der Waals surface area contributed by atoms with Crippen molar-refractivity contribution >= 4 is 39.0 Å². The SMILES string of the molecule is CCOC(=O)c1ccc(-n2c(-c3ccccc3)cc(C=Nn3c(C)nc4ccc(Br)cc4c3=O)c2-c2ccccc2)cc1. The molecule has 8 heteroatoms. The van der Waals surface area contributed by atoms with Crippen molar-refractivity contribution in [2.75, 3.05) is 6.61 Å². The number of fused-ring (bicyclic) bond motifs is 1. The van der Waals surface area contributed by atoms with Gasteiger partial charge < -0.3 is 9.30 Å². The van der Waals surface area contributed by atoms with E-state index in [0.717, 1.165) is 38.2 Å². The first-order valence-electron chi connectivity index (χ1n) is 13.8. The summed E-state index contributed by atoms with van der Waals surface area (Å²) in [5.41, 5.74) is 6.28. The molecule has 4 aromatic carbocycles. The van der Waals surface area contributed by atoms with Gasteiger partial charge in [0, 0.05) is 15.7 Å². The fourth-order valence-corrected chi connectivity index (χ4v) is 5.45. The van der Waals surface area contributed by atoms with Gasteiger partial charge in [-0.15, -0.1) is 0 Å². The van der Waals surface area contributed by atoms with Crippen molar-refractivity contribution in [2.24, 2.45) is 5.10 Å². The van der Waals surface area contributed by atoms with Crippen LogP contribution in [0.5, 0.6) is 0 Å². The van der Waals surface area contributed by atoms with E-state index >= 15 is 0 Å². The maximum Gasteiger partial charge on any atom is 0.338 e. The Balaban J connectivity index is 1.57. The van der Waals surface area contributed by atoms with E-state index in [0.29, 0.717) is 28.9 Å². The normalized spacial score (nSPS) is 11.3. The van der Waals surface area contributed by atoms with Gasteiger partial charge in [0.1, 0.15) is 5.82 Å². The molecule has 0 saturated carbocycles. The summed E-state index contributed by atoms with van der Waals surface area (Å²) in [5.74, 6) is 0.118. The fourth-order valence-electron chi connectivity index (χ4n) is 5.09. The van der Waals surface area contributed by atoms with Crippen LogP contribution >= 0.6 is 15.9 Å². The van der Waals surface area contributed by atoms with Crippen molar-refractivity contribution in [1.29, 1.82) is 0 Å². The summed E-state index contributed by atoms with van der Waals surface area (Å²) in [6.45, 7) is 3.86. The molecule has 0 radical (unpaired) electrons. The molecule has 0 fully saturated rings. The first kappa shape index (κ1) is 28.1. The van der Waals surface area contributed by atoms with Gasteiger partial charge in [0.2, 0.25) is 0 Å². The van der Waals surface area contributed by atoms with Crippen LogP contribution in [-0.2, 0) is 4.74 Å². The Bertz CT molecular complexity index is 2030. The van der Waals surface area contributed by atoms with Crippen molar-refractivity contribution in [3.05, 3.63) is 141 Å². The third-order valence-corrected chi connectivity index (χ3v) is 7.56. The summed E-state index contributed by atoms with van der Waals surface area (Å²) in [5, 5.41) is 5.14. The number of carbonyl (C=O) groups excluding carboxylic acids is 1. The standard InChI is InChI=1S/C35H27BrN4O3/c1-3-43-35(42)26-14-17-29(18-15-26)39-32(24-10-6-4-7-11-24)20-27(33(39)25-12-8-5-9-13-25)22-37-40-23(2)38-31-19-16-28(36)21-30(31)34(40)41/h4-22H,3H2,1-2H3. The Labute approximate surface area is 256 Å². The lowest BCUT2D eigenvalue weighted by Crippen LogP contribution is -2.20. The zero-order chi connectivity index (χ0) is 29.9. The molecule has 0 amide bonds. The number of aromatic nitrogens is 3. The molecule has 7 nitrogen and oxygen atoms in total. The average molecular weight is 632 g/mol. The van der Waals surface area contributed by atoms with Crippen LogP contribution in [0.1, 0.15) is 28.7 Å². The number of carbonyl (C=O) groups is 1. The second-order valence-electron chi connectivity index (χ2n) is 9.85. The van der Waals surface area contributed by atoms with Crippen molar-refractivity contribution in [3.8, 4) is 28.2 Å². The van der Waals surface area contributed by atoms with E-state index in [-0.39, 0.29) is 11.5 Å². The Morgan fingerprint density at radius 3 is 2.26 bits per heavy atom. The number of rotatable bonds is 7. The first-order valence-corrected chi connectivity index (χ1v) is 14.6. The predicted molar refractivity (Wildman–Crippen MR) is 174 cm³/mol. The molecule has 0 atom stereocenters. The van der Waals surface area contributed by atoms with Gasteiger partial charge in [0.15, 0.2) is 0 Å². The molecule has 0 aliphatic carbocycles. The number of halogens is 1. The predicted octanol–water partition coefficient (Wildman–Crippen LogP) is 7.65. The van der Waals surface area contributed by atoms with E-state index in [9.17, 15) is 9.59 Å². The average Bonchev–Trinajstić information content (AvgIpc) is 3.42. The number of nitrogens with zero attached hydrogens (tertiary/aromatic N) is 4. The van der Waals surface area contributed by atoms with Crippen LogP contribution in [0.2, 0.25) is 0 Å². The van der Waals surface area contributed by atoms with Gasteiger partial charge in [-0.25, -0.2) is 9.78 Å². The molecular weight excluding hydrogens is 604 g/mol. The van der Waals surface area contributed by atoms with Crippen LogP contribution in [0.25, 0.3) is 39.1 Å². The smallest absolute Gasteiger partial charge is 0.338 e. The van der Waals surface area contributed by atoms with Crippen LogP contribution in [0.3, 0.4) is 0 Å². The summed E-state index contributed by atoms with van der Waals surface area (Å²) < 4.78 is 9.46. The summed E-state index contributed by atoms with van der Waals surface area (Å²) in [6, 6.07) is 34.9. The van der Waals surface area contributed by atoms with Crippen molar-refractivity contribution in [2.45, 2.75) is 13.8 Å². The van der Waals surface area contributed by atoms with Crippen LogP contribution in [0.15, 0.2) is 124 Å². The van der Waals surface area contributed by atoms with Crippen molar-refractivity contribution < 1.29 is 9.53 Å². The largest absolute Gasteiger partial charge is 0.462 e. The van der Waals surface area contributed by atoms with Gasteiger partial charge in [0.25, 0.3) is 5.56 Å². The molecular formula is C35H27BrN4O3. The number of hydrogen-bond acceptors (Lipinski definition) is 5. The minimum atomic E-state index is -0.363. The molecule has 0 bridgehead atoms. The van der Waals surface area contributed by atoms with E-state index < -0.39 is 0 Å². The van der Waals surface area contributed by atoms with Crippen LogP contribution < -0.4 is 5.56 Å². The molecule has 2 heterocycles. The number of esters is 1. The number of ether oxygens (including phenoxy) is 1. The van der Waals surface area contributed by atoms with Crippen molar-refractivity contribution in [1.82, 2.24) is 14.2 Å². The van der Waals surface area contributed by atoms with E-state index in [1.54, 1.807) is 38.3 Å². The van der Waals surface area contributed by atoms with Gasteiger partial charge in [-0.1, -0.05) is 76.6 Å². The second-order valence-corrected chi connectivity index (χ2v) is 10.8. The Morgan fingerprint density at radius 1 is 0.907 bits per heavy atom. The summed E-state index contributed by atoms with van der Waals surface area (Å²) in [4.78, 5) is 30.4. The maximum atomic E-state index is 13.5. The van der Waals surface area contributed by atoms with Crippen LogP contribution in [-0.4, -0.2) is 33.0 Å². The monoisotopic (exact) mass is 630 g/mol. The van der Waals surface area contributed by atoms with Gasteiger partial charge in [-0.05, 0) is 73.5 Å². The van der Waals surface area contributed by atoms with Crippen molar-refractivity contribution in [3.63, 3.8) is 0 Å². The molecule has 0 aliphatic rings. The Morgan fingerprint density at radius 2 is 1.58 bits per heavy atom.